The molecule has 0 amide bonds. The largest absolute Gasteiger partial charge is 1.00 e. The van der Waals surface area contributed by atoms with E-state index >= 15 is 0 Å². The molecular weight excluding hydrogens is 645 g/mol. The van der Waals surface area contributed by atoms with E-state index in [1.165, 1.54) is 46.5 Å². The second-order valence-electron chi connectivity index (χ2n) is 8.25. The van der Waals surface area contributed by atoms with Crippen molar-refractivity contribution >= 4 is 14.4 Å². The van der Waals surface area contributed by atoms with Crippen LogP contribution in [0, 0.1) is 25.5 Å². The second-order valence-corrected chi connectivity index (χ2v) is 21.7. The average Bonchev–Trinajstić information content (AvgIpc) is 3.49. The fraction of sp³-hybridized carbons (Fsp3) is 0.0968. The van der Waals surface area contributed by atoms with Crippen LogP contribution in [0.15, 0.2) is 115 Å². The van der Waals surface area contributed by atoms with E-state index in [1.54, 1.807) is 50.3 Å². The van der Waals surface area contributed by atoms with Crippen molar-refractivity contribution in [2.24, 2.45) is 0 Å². The van der Waals surface area contributed by atoms with Gasteiger partial charge in [-0.2, -0.15) is 12.1 Å². The Bertz CT molecular complexity index is 1260. The third kappa shape index (κ3) is 10.5. The van der Waals surface area contributed by atoms with Crippen molar-refractivity contribution in [2.75, 3.05) is 0 Å². The molecule has 0 N–H and O–H groups in total. The van der Waals surface area contributed by atoms with Gasteiger partial charge in [0.05, 0.1) is 0 Å². The summed E-state index contributed by atoms with van der Waals surface area (Å²) in [4.78, 5) is 0. The maximum absolute atomic E-state index is 12.6. The molecule has 5 rings (SSSR count). The van der Waals surface area contributed by atoms with E-state index in [0.717, 1.165) is 11.1 Å². The van der Waals surface area contributed by atoms with E-state index in [9.17, 15) is 8.78 Å². The second kappa shape index (κ2) is 16.9. The predicted octanol–water partition coefficient (Wildman–Crippen LogP) is 2.11. The van der Waals surface area contributed by atoms with Crippen molar-refractivity contribution in [3.8, 4) is 22.3 Å². The zero-order valence-corrected chi connectivity index (χ0v) is 27.0. The molecule has 5 aromatic rings. The fourth-order valence-electron chi connectivity index (χ4n) is 3.61. The minimum atomic E-state index is -0.676. The van der Waals surface area contributed by atoms with Crippen LogP contribution < -0.4 is 29.2 Å². The van der Waals surface area contributed by atoms with E-state index in [2.05, 4.69) is 62.1 Å². The molecule has 0 bridgehead atoms. The first-order valence-corrected chi connectivity index (χ1v) is 22.0. The zero-order chi connectivity index (χ0) is 25.2. The van der Waals surface area contributed by atoms with Crippen LogP contribution in [0.4, 0.5) is 8.78 Å². The van der Waals surface area contributed by atoms with Gasteiger partial charge in [-0.15, -0.1) is 70.8 Å². The maximum atomic E-state index is 12.6. The van der Waals surface area contributed by atoms with Crippen LogP contribution in [0.25, 0.3) is 22.3 Å². The molecule has 0 aliphatic carbocycles. The number of aryl methyl sites for hydroxylation is 2. The molecule has 0 aliphatic rings. The van der Waals surface area contributed by atoms with E-state index in [-0.39, 0.29) is 36.4 Å². The summed E-state index contributed by atoms with van der Waals surface area (Å²) in [6, 6.07) is 36.2. The van der Waals surface area contributed by atoms with Gasteiger partial charge >= 0.3 is 72.1 Å². The van der Waals surface area contributed by atoms with Crippen molar-refractivity contribution in [1.29, 1.82) is 0 Å². The fourth-order valence-corrected chi connectivity index (χ4v) is 7.20. The van der Waals surface area contributed by atoms with Crippen molar-refractivity contribution in [1.82, 2.24) is 0 Å². The van der Waals surface area contributed by atoms with E-state index in [4.69, 9.17) is 0 Å². The minimum Gasteiger partial charge on any atom is -1.00 e. The van der Waals surface area contributed by atoms with Gasteiger partial charge in [-0.1, -0.05) is 49.2 Å². The molecule has 190 valence electrons. The van der Waals surface area contributed by atoms with E-state index in [1.807, 2.05) is 24.3 Å². The van der Waals surface area contributed by atoms with Crippen LogP contribution in [0.5, 0.6) is 0 Å². The van der Waals surface area contributed by atoms with Gasteiger partial charge in [-0.25, -0.2) is 8.78 Å². The van der Waals surface area contributed by atoms with Crippen LogP contribution in [-0.2, 0) is 21.6 Å². The summed E-state index contributed by atoms with van der Waals surface area (Å²) in [5.74, 6) is 2.04. The van der Waals surface area contributed by atoms with E-state index < -0.39 is 9.98 Å². The Morgan fingerprint density at radius 2 is 0.946 bits per heavy atom. The normalized spacial score (nSPS) is 9.49. The quantitative estimate of drug-likeness (QED) is 0.204. The maximum Gasteiger partial charge on any atom is -1.00 e. The zero-order valence-electron chi connectivity index (χ0n) is 21.0. The number of benzene rings is 3. The van der Waals surface area contributed by atoms with Gasteiger partial charge in [0.2, 0.25) is 0 Å². The molecule has 0 aliphatic heterocycles. The number of halogens is 4. The molecule has 0 spiro atoms. The van der Waals surface area contributed by atoms with Gasteiger partial charge in [0.15, 0.2) is 0 Å². The molecule has 0 nitrogen and oxygen atoms in total. The molecule has 0 saturated heterocycles. The van der Waals surface area contributed by atoms with Crippen LogP contribution in [-0.4, -0.2) is 9.98 Å². The number of hydrogen-bond donors (Lipinski definition) is 0. The molecule has 37 heavy (non-hydrogen) atoms. The summed E-state index contributed by atoms with van der Waals surface area (Å²) in [7, 11) is -0.676. The van der Waals surface area contributed by atoms with Crippen LogP contribution in [0.1, 0.15) is 11.1 Å². The Labute approximate surface area is 247 Å². The van der Waals surface area contributed by atoms with Gasteiger partial charge < -0.3 is 24.8 Å². The van der Waals surface area contributed by atoms with Gasteiger partial charge in [0.1, 0.15) is 11.6 Å². The van der Waals surface area contributed by atoms with Crippen LogP contribution in [0.2, 0.25) is 5.76 Å². The summed E-state index contributed by atoms with van der Waals surface area (Å²) >= 11 is 1.76. The molecular formula is C31H28Cl2F2GeZr-2. The van der Waals surface area contributed by atoms with Crippen molar-refractivity contribution < 1.29 is 55.2 Å². The summed E-state index contributed by atoms with van der Waals surface area (Å²) in [5, 5.41) is 0. The molecule has 0 saturated carbocycles. The van der Waals surface area contributed by atoms with Gasteiger partial charge in [-0.3, -0.25) is 0 Å². The first-order chi connectivity index (χ1) is 16.8. The van der Waals surface area contributed by atoms with Gasteiger partial charge in [-0.05, 0) is 0 Å². The monoisotopic (exact) mass is 672 g/mol. The van der Waals surface area contributed by atoms with E-state index in [0.29, 0.717) is 0 Å². The summed E-state index contributed by atoms with van der Waals surface area (Å²) in [6.07, 6.45) is 0. The molecule has 5 aromatic carbocycles. The van der Waals surface area contributed by atoms with Crippen molar-refractivity contribution in [3.63, 3.8) is 0 Å². The number of rotatable bonds is 3. The van der Waals surface area contributed by atoms with Gasteiger partial charge in [0, 0.05) is 0 Å². The predicted molar refractivity (Wildman–Crippen MR) is 142 cm³/mol. The molecule has 0 aromatic heterocycles. The molecule has 0 unspecified atom stereocenters. The summed E-state index contributed by atoms with van der Waals surface area (Å²) in [6.45, 7) is 4.11. The molecule has 6 heteroatoms. The minimum absolute atomic E-state index is 0. The Morgan fingerprint density at radius 1 is 0.568 bits per heavy atom. The third-order valence-corrected chi connectivity index (χ3v) is 11.8. The molecule has 0 fully saturated rings. The Morgan fingerprint density at radius 3 is 1.22 bits per heavy atom. The molecule has 0 atom stereocenters. The topological polar surface area (TPSA) is 0 Å². The Hall–Kier alpha value is -1.77. The summed E-state index contributed by atoms with van der Waals surface area (Å²) < 4.78 is 26.9. The third-order valence-electron chi connectivity index (χ3n) is 5.59. The van der Waals surface area contributed by atoms with Gasteiger partial charge in [0.25, 0.3) is 0 Å². The first kappa shape index (κ1) is 33.3. The molecule has 0 heterocycles. The average molecular weight is 673 g/mol. The van der Waals surface area contributed by atoms with Crippen LogP contribution in [0.3, 0.4) is 0 Å². The smallest absolute Gasteiger partial charge is 1.00 e. The van der Waals surface area contributed by atoms with Crippen molar-refractivity contribution in [2.45, 2.75) is 19.6 Å². The van der Waals surface area contributed by atoms with Crippen LogP contribution >= 0.6 is 0 Å². The first-order valence-electron chi connectivity index (χ1n) is 11.4. The Balaban J connectivity index is 0.000000275. The SMILES string of the molecule is Cc1ccc[c-]1-c1ccc(F)cc1.Cc1ccc[c-]1-c1ccc(F)cc1.[CH3][Ge](=[Zr+2])[c]1ccccc1.[Cl-].[Cl-]. The Kier molecular flexibility index (Phi) is 15.2. The molecule has 0 radical (unpaired) electrons. The number of hydrogen-bond acceptors (Lipinski definition) is 0. The van der Waals surface area contributed by atoms with Crippen molar-refractivity contribution in [3.05, 3.63) is 138 Å². The standard InChI is InChI=1S/2C12H10F.C7H8Ge.2ClH.Zr/c2*1-9-3-2-4-12(9)10-5-7-11(13)8-6-10;1-8-7-5-3-2-4-6-7;;;/h2*2-8H,1H3;2-6H,1H3;2*1H;/q2*-1;;;;+2/p-2. The summed E-state index contributed by atoms with van der Waals surface area (Å²) in [5.41, 5.74) is 6.96.